The van der Waals surface area contributed by atoms with Crippen LogP contribution in [0.5, 0.6) is 0 Å². The van der Waals surface area contributed by atoms with E-state index in [0.29, 0.717) is 11.9 Å². The number of nitrogens with zero attached hydrogens (tertiary/aromatic N) is 1. The number of piperidine rings is 1. The molecule has 1 N–H and O–H groups in total. The highest BCUT2D eigenvalue weighted by Crippen LogP contribution is 2.44. The van der Waals surface area contributed by atoms with Gasteiger partial charge >= 0.3 is 0 Å². The molecule has 1 saturated heterocycles. The fourth-order valence-corrected chi connectivity index (χ4v) is 5.48. The second-order valence-electron chi connectivity index (χ2n) is 8.42. The minimum absolute atomic E-state index is 0.0243. The molecule has 2 aliphatic carbocycles. The Morgan fingerprint density at radius 2 is 1.88 bits per heavy atom. The third-order valence-electron chi connectivity index (χ3n) is 6.90. The lowest BCUT2D eigenvalue weighted by Crippen LogP contribution is -2.49. The van der Waals surface area contributed by atoms with Crippen LogP contribution in [0.15, 0.2) is 30.3 Å². The van der Waals surface area contributed by atoms with Crippen LogP contribution in [0.3, 0.4) is 0 Å². The van der Waals surface area contributed by atoms with E-state index < -0.39 is 0 Å². The second kappa shape index (κ2) is 7.49. The number of carbonyl (C=O) groups is 1. The van der Waals surface area contributed by atoms with Gasteiger partial charge in [0.25, 0.3) is 0 Å². The van der Waals surface area contributed by atoms with Crippen molar-refractivity contribution in [3.05, 3.63) is 35.9 Å². The van der Waals surface area contributed by atoms with Crippen molar-refractivity contribution >= 4 is 5.91 Å². The summed E-state index contributed by atoms with van der Waals surface area (Å²) in [6, 6.07) is 11.7. The number of hydrogen-bond acceptors (Lipinski definition) is 2. The van der Waals surface area contributed by atoms with Gasteiger partial charge in [0.15, 0.2) is 0 Å². The van der Waals surface area contributed by atoms with Gasteiger partial charge in [-0.25, -0.2) is 0 Å². The molecule has 4 atom stereocenters. The molecule has 3 nitrogen and oxygen atoms in total. The summed E-state index contributed by atoms with van der Waals surface area (Å²) in [7, 11) is 0. The molecule has 1 aliphatic heterocycles. The van der Waals surface area contributed by atoms with Crippen molar-refractivity contribution in [1.82, 2.24) is 10.2 Å². The van der Waals surface area contributed by atoms with Gasteiger partial charge in [-0.3, -0.25) is 4.79 Å². The lowest BCUT2D eigenvalue weighted by atomic mass is 9.92. The van der Waals surface area contributed by atoms with Crippen LogP contribution in [-0.4, -0.2) is 36.0 Å². The summed E-state index contributed by atoms with van der Waals surface area (Å²) in [4.78, 5) is 15.1. The predicted molar refractivity (Wildman–Crippen MR) is 101 cm³/mol. The molecule has 2 saturated carbocycles. The molecule has 1 aromatic rings. The van der Waals surface area contributed by atoms with Crippen molar-refractivity contribution in [2.45, 2.75) is 69.9 Å². The Morgan fingerprint density at radius 1 is 1.12 bits per heavy atom. The highest BCUT2D eigenvalue weighted by Gasteiger charge is 2.40. The molecular formula is C22H32N2O. The summed E-state index contributed by atoms with van der Waals surface area (Å²) < 4.78 is 0. The number of fused-ring (bicyclic) bond motifs is 2. The number of nitrogens with one attached hydrogen (secondary N) is 1. The van der Waals surface area contributed by atoms with Crippen LogP contribution in [0, 0.1) is 11.8 Å². The minimum Gasteiger partial charge on any atom is -0.342 e. The molecule has 0 radical (unpaired) electrons. The zero-order valence-corrected chi connectivity index (χ0v) is 15.5. The molecule has 3 fully saturated rings. The molecule has 3 aliphatic rings. The molecule has 3 heteroatoms. The van der Waals surface area contributed by atoms with Gasteiger partial charge in [-0.05, 0) is 55.9 Å². The van der Waals surface area contributed by atoms with Crippen LogP contribution in [0.25, 0.3) is 0 Å². The Bertz CT molecular complexity index is 579. The van der Waals surface area contributed by atoms with E-state index in [0.717, 1.165) is 55.8 Å². The number of carbonyl (C=O) groups excluding carboxylic acids is 1. The van der Waals surface area contributed by atoms with E-state index in [2.05, 4.69) is 29.3 Å². The molecule has 1 aromatic carbocycles. The van der Waals surface area contributed by atoms with Crippen molar-refractivity contribution in [1.29, 1.82) is 0 Å². The first-order valence-electron chi connectivity index (χ1n) is 10.3. The Balaban J connectivity index is 1.30. The number of rotatable bonds is 5. The van der Waals surface area contributed by atoms with E-state index >= 15 is 0 Å². The van der Waals surface area contributed by atoms with Gasteiger partial charge < -0.3 is 10.2 Å². The largest absolute Gasteiger partial charge is 0.342 e. The van der Waals surface area contributed by atoms with E-state index in [1.165, 1.54) is 25.7 Å². The maximum atomic E-state index is 13.0. The molecule has 25 heavy (non-hydrogen) atoms. The molecule has 0 unspecified atom stereocenters. The van der Waals surface area contributed by atoms with Crippen molar-refractivity contribution in [3.8, 4) is 0 Å². The summed E-state index contributed by atoms with van der Waals surface area (Å²) in [5.74, 6) is 2.29. The van der Waals surface area contributed by atoms with Gasteiger partial charge in [0.05, 0.1) is 5.92 Å². The number of hydrogen-bond donors (Lipinski definition) is 1. The highest BCUT2D eigenvalue weighted by molar-refractivity contribution is 5.83. The van der Waals surface area contributed by atoms with E-state index in [-0.39, 0.29) is 5.92 Å². The normalized spacial score (nSPS) is 30.6. The SMILES string of the molecule is CC[C@H](C(=O)N1CCC(N[C@H]2C[C@H]3CC[C@H]2C3)CC1)c1ccccc1. The smallest absolute Gasteiger partial charge is 0.230 e. The van der Waals surface area contributed by atoms with Crippen molar-refractivity contribution in [2.75, 3.05) is 13.1 Å². The van der Waals surface area contributed by atoms with Gasteiger partial charge in [-0.1, -0.05) is 43.7 Å². The first-order valence-corrected chi connectivity index (χ1v) is 10.3. The number of amides is 1. The van der Waals surface area contributed by atoms with Gasteiger partial charge in [-0.15, -0.1) is 0 Å². The fraction of sp³-hybridized carbons (Fsp3) is 0.682. The topological polar surface area (TPSA) is 32.3 Å². The Morgan fingerprint density at radius 3 is 2.48 bits per heavy atom. The standard InChI is InChI=1S/C22H32N2O/c1-2-20(17-6-4-3-5-7-17)22(25)24-12-10-19(11-13-24)23-21-15-16-8-9-18(21)14-16/h3-7,16,18-21,23H,2,8-15H2,1H3/t16-,18-,20-,21-/m0/s1. The molecule has 2 bridgehead atoms. The first-order chi connectivity index (χ1) is 12.2. The quantitative estimate of drug-likeness (QED) is 0.880. The first kappa shape index (κ1) is 17.1. The Labute approximate surface area is 152 Å². The monoisotopic (exact) mass is 340 g/mol. The lowest BCUT2D eigenvalue weighted by Gasteiger charge is -2.37. The van der Waals surface area contributed by atoms with E-state index in [9.17, 15) is 4.79 Å². The summed E-state index contributed by atoms with van der Waals surface area (Å²) in [6.07, 6.45) is 8.88. The van der Waals surface area contributed by atoms with Gasteiger partial charge in [0.2, 0.25) is 5.91 Å². The van der Waals surface area contributed by atoms with Crippen LogP contribution in [0.2, 0.25) is 0 Å². The molecule has 0 aromatic heterocycles. The summed E-state index contributed by atoms with van der Waals surface area (Å²) in [5, 5.41) is 3.95. The third-order valence-corrected chi connectivity index (χ3v) is 6.90. The van der Waals surface area contributed by atoms with Crippen molar-refractivity contribution in [2.24, 2.45) is 11.8 Å². The zero-order valence-electron chi connectivity index (χ0n) is 15.5. The summed E-state index contributed by atoms with van der Waals surface area (Å²) >= 11 is 0. The molecule has 1 amide bonds. The maximum Gasteiger partial charge on any atom is 0.230 e. The Hall–Kier alpha value is -1.35. The third kappa shape index (κ3) is 3.62. The molecular weight excluding hydrogens is 308 g/mol. The number of benzene rings is 1. The van der Waals surface area contributed by atoms with Crippen LogP contribution in [-0.2, 0) is 4.79 Å². The van der Waals surface area contributed by atoms with Crippen molar-refractivity contribution in [3.63, 3.8) is 0 Å². The maximum absolute atomic E-state index is 13.0. The number of likely N-dealkylation sites (tertiary alicyclic amines) is 1. The fourth-order valence-electron chi connectivity index (χ4n) is 5.48. The summed E-state index contributed by atoms with van der Waals surface area (Å²) in [5.41, 5.74) is 1.16. The van der Waals surface area contributed by atoms with Crippen molar-refractivity contribution < 1.29 is 4.79 Å². The van der Waals surface area contributed by atoms with E-state index in [1.807, 2.05) is 18.2 Å². The average molecular weight is 341 g/mol. The molecule has 136 valence electrons. The van der Waals surface area contributed by atoms with E-state index in [1.54, 1.807) is 0 Å². The van der Waals surface area contributed by atoms with E-state index in [4.69, 9.17) is 0 Å². The van der Waals surface area contributed by atoms with Gasteiger partial charge in [0.1, 0.15) is 0 Å². The van der Waals surface area contributed by atoms with Crippen LogP contribution in [0.1, 0.15) is 63.4 Å². The van der Waals surface area contributed by atoms with Crippen LogP contribution < -0.4 is 5.32 Å². The van der Waals surface area contributed by atoms with Crippen LogP contribution >= 0.6 is 0 Å². The minimum atomic E-state index is 0.0243. The van der Waals surface area contributed by atoms with Gasteiger partial charge in [0, 0.05) is 25.2 Å². The van der Waals surface area contributed by atoms with Crippen LogP contribution in [0.4, 0.5) is 0 Å². The zero-order chi connectivity index (χ0) is 17.2. The predicted octanol–water partition coefficient (Wildman–Crippen LogP) is 3.95. The average Bonchev–Trinajstić information content (AvgIpc) is 3.27. The molecule has 1 heterocycles. The molecule has 0 spiro atoms. The highest BCUT2D eigenvalue weighted by atomic mass is 16.2. The van der Waals surface area contributed by atoms with Gasteiger partial charge in [-0.2, -0.15) is 0 Å². The Kier molecular flexibility index (Phi) is 5.12. The summed E-state index contributed by atoms with van der Waals surface area (Å²) in [6.45, 7) is 3.96. The second-order valence-corrected chi connectivity index (χ2v) is 8.42. The molecule has 4 rings (SSSR count). The lowest BCUT2D eigenvalue weighted by molar-refractivity contribution is -0.134.